The standard InChI is InChI=1S/3C10H20O2.In/c3*1-2-3-4-5-6-7-8-9-10(11)12;/h3*2-9H2,1H3,(H,11,12);/q;;;+3/p-3. The first kappa shape index (κ1) is 43.3. The third kappa shape index (κ3) is 56.6. The molecule has 216 valence electrons. The fraction of sp³-hybridized carbons (Fsp3) is 0.900. The van der Waals surface area contributed by atoms with Gasteiger partial charge >= 0.3 is 25.8 Å². The van der Waals surface area contributed by atoms with Crippen LogP contribution in [0.25, 0.3) is 0 Å². The summed E-state index contributed by atoms with van der Waals surface area (Å²) in [6, 6.07) is 0. The summed E-state index contributed by atoms with van der Waals surface area (Å²) in [6.45, 7) is 6.57. The minimum atomic E-state index is -0.913. The van der Waals surface area contributed by atoms with Gasteiger partial charge in [-0.2, -0.15) is 0 Å². The smallest absolute Gasteiger partial charge is 0.550 e. The SMILES string of the molecule is CCCCCCCCCC(=O)[O-].CCCCCCCCCC(=O)[O-].CCCCCCCCCC(=O)[O-].[In+3]. The van der Waals surface area contributed by atoms with Gasteiger partial charge in [-0.1, -0.05) is 136 Å². The Morgan fingerprint density at radius 2 is 0.514 bits per heavy atom. The van der Waals surface area contributed by atoms with Crippen molar-refractivity contribution in [3.05, 3.63) is 0 Å². The third-order valence-corrected chi connectivity index (χ3v) is 5.95. The predicted octanol–water partition coefficient (Wildman–Crippen LogP) is 5.25. The summed E-state index contributed by atoms with van der Waals surface area (Å²) in [5.74, 6) is -2.74. The number of hydrogen-bond acceptors (Lipinski definition) is 6. The molecule has 0 aliphatic heterocycles. The van der Waals surface area contributed by atoms with Crippen LogP contribution in [-0.4, -0.2) is 43.8 Å². The first-order chi connectivity index (χ1) is 17.3. The number of carbonyl (C=O) groups excluding carboxylic acids is 3. The van der Waals surface area contributed by atoms with Crippen LogP contribution >= 0.6 is 0 Å². The maximum Gasteiger partial charge on any atom is 3.00 e. The van der Waals surface area contributed by atoms with Crippen LogP contribution in [0.3, 0.4) is 0 Å². The Balaban J connectivity index is -0.000000218. The normalized spacial score (nSPS) is 9.81. The molecule has 0 rings (SSSR count). The van der Waals surface area contributed by atoms with Gasteiger partial charge in [0.1, 0.15) is 0 Å². The molecule has 7 heteroatoms. The summed E-state index contributed by atoms with van der Waals surface area (Å²) in [4.78, 5) is 30.1. The zero-order chi connectivity index (χ0) is 27.7. The minimum Gasteiger partial charge on any atom is -0.550 e. The van der Waals surface area contributed by atoms with Crippen molar-refractivity contribution in [1.29, 1.82) is 0 Å². The van der Waals surface area contributed by atoms with Crippen molar-refractivity contribution in [3.63, 3.8) is 0 Å². The Labute approximate surface area is 247 Å². The molecule has 0 aromatic heterocycles. The molecule has 0 aliphatic carbocycles. The first-order valence-corrected chi connectivity index (χ1v) is 14.9. The second-order valence-electron chi connectivity index (χ2n) is 9.73. The second-order valence-corrected chi connectivity index (χ2v) is 9.73. The van der Waals surface area contributed by atoms with E-state index in [-0.39, 0.29) is 45.1 Å². The third-order valence-electron chi connectivity index (χ3n) is 5.95. The van der Waals surface area contributed by atoms with Crippen molar-refractivity contribution in [2.45, 2.75) is 175 Å². The van der Waals surface area contributed by atoms with Crippen molar-refractivity contribution in [2.24, 2.45) is 0 Å². The van der Waals surface area contributed by atoms with E-state index in [1.807, 2.05) is 0 Å². The van der Waals surface area contributed by atoms with Crippen LogP contribution in [0.5, 0.6) is 0 Å². The maximum absolute atomic E-state index is 10.0. The Bertz CT molecular complexity index is 404. The molecular weight excluding hydrogens is 571 g/mol. The van der Waals surface area contributed by atoms with Crippen molar-refractivity contribution in [3.8, 4) is 0 Å². The van der Waals surface area contributed by atoms with Gasteiger partial charge in [0.15, 0.2) is 0 Å². The Kier molecular flexibility index (Phi) is 46.6. The van der Waals surface area contributed by atoms with E-state index in [0.717, 1.165) is 38.5 Å². The molecule has 37 heavy (non-hydrogen) atoms. The molecule has 0 amide bonds. The van der Waals surface area contributed by atoms with Crippen LogP contribution < -0.4 is 15.3 Å². The molecular formula is C30H57InO6. The van der Waals surface area contributed by atoms with Crippen LogP contribution in [-0.2, 0) is 14.4 Å². The average Bonchev–Trinajstić information content (AvgIpc) is 2.83. The van der Waals surface area contributed by atoms with Gasteiger partial charge in [-0.05, 0) is 38.5 Å². The van der Waals surface area contributed by atoms with E-state index in [1.54, 1.807) is 0 Å². The molecule has 0 heterocycles. The van der Waals surface area contributed by atoms with Crippen LogP contribution in [0.1, 0.15) is 175 Å². The topological polar surface area (TPSA) is 120 Å². The quantitative estimate of drug-likeness (QED) is 0.135. The van der Waals surface area contributed by atoms with E-state index in [9.17, 15) is 29.7 Å². The summed E-state index contributed by atoms with van der Waals surface area (Å²) < 4.78 is 0. The Hall–Kier alpha value is -0.720. The zero-order valence-electron chi connectivity index (χ0n) is 24.5. The Morgan fingerprint density at radius 1 is 0.351 bits per heavy atom. The molecule has 0 aliphatic rings. The van der Waals surface area contributed by atoms with Crippen molar-refractivity contribution >= 4 is 43.8 Å². The van der Waals surface area contributed by atoms with E-state index in [1.165, 1.54) is 96.3 Å². The first-order valence-electron chi connectivity index (χ1n) is 14.9. The summed E-state index contributed by atoms with van der Waals surface area (Å²) in [6.07, 6.45) is 25.0. The monoisotopic (exact) mass is 628 g/mol. The number of carboxylic acids is 3. The molecule has 0 aromatic rings. The number of rotatable bonds is 24. The number of unbranched alkanes of at least 4 members (excludes halogenated alkanes) is 18. The Morgan fingerprint density at radius 3 is 0.676 bits per heavy atom. The van der Waals surface area contributed by atoms with Crippen LogP contribution in [0, 0.1) is 0 Å². The zero-order valence-corrected chi connectivity index (χ0v) is 27.8. The molecule has 0 saturated heterocycles. The number of carbonyl (C=O) groups is 3. The number of aliphatic carboxylic acids is 3. The van der Waals surface area contributed by atoms with Crippen molar-refractivity contribution < 1.29 is 29.7 Å². The summed E-state index contributed by atoms with van der Waals surface area (Å²) >= 11 is 0. The maximum atomic E-state index is 10.0. The molecule has 0 bridgehead atoms. The molecule has 0 spiro atoms. The van der Waals surface area contributed by atoms with Gasteiger partial charge in [-0.3, -0.25) is 0 Å². The molecule has 0 atom stereocenters. The van der Waals surface area contributed by atoms with E-state index in [2.05, 4.69) is 20.8 Å². The number of hydrogen-bond donors (Lipinski definition) is 0. The minimum absolute atomic E-state index is 0. The molecule has 0 N–H and O–H groups in total. The second kappa shape index (κ2) is 39.8. The summed E-state index contributed by atoms with van der Waals surface area (Å²) in [7, 11) is 0. The number of carboxylic acid groups (broad SMARTS) is 3. The van der Waals surface area contributed by atoms with Gasteiger partial charge in [0.25, 0.3) is 0 Å². The molecule has 0 radical (unpaired) electrons. The molecule has 0 saturated carbocycles. The van der Waals surface area contributed by atoms with E-state index in [4.69, 9.17) is 0 Å². The van der Waals surface area contributed by atoms with Gasteiger partial charge in [-0.25, -0.2) is 0 Å². The van der Waals surface area contributed by atoms with Gasteiger partial charge in [0, 0.05) is 17.9 Å². The fourth-order valence-corrected chi connectivity index (χ4v) is 3.68. The predicted molar refractivity (Wildman–Crippen MR) is 149 cm³/mol. The summed E-state index contributed by atoms with van der Waals surface area (Å²) in [5, 5.41) is 30.1. The molecule has 6 nitrogen and oxygen atoms in total. The summed E-state index contributed by atoms with van der Waals surface area (Å²) in [5.41, 5.74) is 0. The van der Waals surface area contributed by atoms with Gasteiger partial charge in [-0.15, -0.1) is 0 Å². The van der Waals surface area contributed by atoms with Gasteiger partial charge in [0.05, 0.1) is 0 Å². The van der Waals surface area contributed by atoms with Gasteiger partial charge in [0.2, 0.25) is 0 Å². The largest absolute Gasteiger partial charge is 3.00 e. The molecule has 0 fully saturated rings. The van der Waals surface area contributed by atoms with Crippen molar-refractivity contribution in [1.82, 2.24) is 0 Å². The van der Waals surface area contributed by atoms with Gasteiger partial charge < -0.3 is 29.7 Å². The van der Waals surface area contributed by atoms with Crippen molar-refractivity contribution in [2.75, 3.05) is 0 Å². The van der Waals surface area contributed by atoms with Crippen LogP contribution in [0.4, 0.5) is 0 Å². The van der Waals surface area contributed by atoms with E-state index >= 15 is 0 Å². The fourth-order valence-electron chi connectivity index (χ4n) is 3.68. The van der Waals surface area contributed by atoms with E-state index < -0.39 is 17.9 Å². The average molecular weight is 629 g/mol. The van der Waals surface area contributed by atoms with Crippen LogP contribution in [0.15, 0.2) is 0 Å². The van der Waals surface area contributed by atoms with E-state index in [0.29, 0.717) is 0 Å². The van der Waals surface area contributed by atoms with Crippen LogP contribution in [0.2, 0.25) is 0 Å². The molecule has 0 unspecified atom stereocenters. The molecule has 0 aromatic carbocycles.